The number of piperidine rings is 1. The quantitative estimate of drug-likeness (QED) is 0.785. The summed E-state index contributed by atoms with van der Waals surface area (Å²) in [6.45, 7) is 4.41. The molecule has 2 heterocycles. The predicted molar refractivity (Wildman–Crippen MR) is 60.4 cm³/mol. The highest BCUT2D eigenvalue weighted by molar-refractivity contribution is 5.11. The van der Waals surface area contributed by atoms with Crippen LogP contribution in [0.2, 0.25) is 0 Å². The number of rotatable bonds is 2. The van der Waals surface area contributed by atoms with Gasteiger partial charge in [0.2, 0.25) is 0 Å². The van der Waals surface area contributed by atoms with Gasteiger partial charge in [0, 0.05) is 19.3 Å². The van der Waals surface area contributed by atoms with Crippen molar-refractivity contribution in [3.05, 3.63) is 18.0 Å². The maximum Gasteiger partial charge on any atom is 0.0670 e. The van der Waals surface area contributed by atoms with E-state index in [4.69, 9.17) is 5.73 Å². The van der Waals surface area contributed by atoms with E-state index in [1.54, 1.807) is 0 Å². The van der Waals surface area contributed by atoms with Crippen molar-refractivity contribution < 1.29 is 0 Å². The summed E-state index contributed by atoms with van der Waals surface area (Å²) in [6.07, 6.45) is 4.18. The molecule has 2 N–H and O–H groups in total. The molecule has 0 aliphatic carbocycles. The van der Waals surface area contributed by atoms with Crippen LogP contribution < -0.4 is 5.73 Å². The van der Waals surface area contributed by atoms with Gasteiger partial charge in [-0.15, -0.1) is 0 Å². The zero-order chi connectivity index (χ0) is 10.8. The third-order valence-corrected chi connectivity index (χ3v) is 3.35. The van der Waals surface area contributed by atoms with Crippen LogP contribution in [0.5, 0.6) is 0 Å². The van der Waals surface area contributed by atoms with Crippen LogP contribution in [-0.2, 0) is 7.05 Å². The number of likely N-dealkylation sites (tertiary alicyclic amines) is 1. The topological polar surface area (TPSA) is 47.1 Å². The molecule has 4 heteroatoms. The van der Waals surface area contributed by atoms with E-state index >= 15 is 0 Å². The van der Waals surface area contributed by atoms with Crippen molar-refractivity contribution >= 4 is 0 Å². The van der Waals surface area contributed by atoms with Gasteiger partial charge in [-0.05, 0) is 32.0 Å². The van der Waals surface area contributed by atoms with Gasteiger partial charge < -0.3 is 5.73 Å². The standard InChI is InChI=1S/C11H20N4/c1-3-15-8-4-5-9(12)11(15)10-6-7-13-14(10)2/h6-7,9,11H,3-5,8,12H2,1-2H3. The van der Waals surface area contributed by atoms with E-state index in [-0.39, 0.29) is 6.04 Å². The number of nitrogens with two attached hydrogens (primary N) is 1. The second-order valence-electron chi connectivity index (χ2n) is 4.26. The third kappa shape index (κ3) is 1.92. The highest BCUT2D eigenvalue weighted by Gasteiger charge is 2.30. The van der Waals surface area contributed by atoms with Gasteiger partial charge in [0.1, 0.15) is 0 Å². The van der Waals surface area contributed by atoms with Gasteiger partial charge in [0.15, 0.2) is 0 Å². The van der Waals surface area contributed by atoms with E-state index in [0.717, 1.165) is 19.5 Å². The molecule has 4 nitrogen and oxygen atoms in total. The first kappa shape index (κ1) is 10.6. The van der Waals surface area contributed by atoms with Crippen molar-refractivity contribution in [1.29, 1.82) is 0 Å². The lowest BCUT2D eigenvalue weighted by Gasteiger charge is -2.39. The Morgan fingerprint density at radius 1 is 1.60 bits per heavy atom. The molecular weight excluding hydrogens is 188 g/mol. The summed E-state index contributed by atoms with van der Waals surface area (Å²) in [5, 5.41) is 4.23. The molecule has 2 unspecified atom stereocenters. The molecule has 1 aliphatic heterocycles. The minimum Gasteiger partial charge on any atom is -0.326 e. The number of likely N-dealkylation sites (N-methyl/N-ethyl adjacent to an activating group) is 1. The van der Waals surface area contributed by atoms with Gasteiger partial charge in [-0.2, -0.15) is 5.10 Å². The van der Waals surface area contributed by atoms with E-state index < -0.39 is 0 Å². The van der Waals surface area contributed by atoms with Gasteiger partial charge >= 0.3 is 0 Å². The molecule has 15 heavy (non-hydrogen) atoms. The Labute approximate surface area is 91.1 Å². The van der Waals surface area contributed by atoms with Crippen LogP contribution in [-0.4, -0.2) is 33.8 Å². The predicted octanol–water partition coefficient (Wildman–Crippen LogP) is 0.904. The molecule has 0 radical (unpaired) electrons. The maximum atomic E-state index is 6.22. The molecule has 1 fully saturated rings. The van der Waals surface area contributed by atoms with Crippen molar-refractivity contribution in [3.8, 4) is 0 Å². The lowest BCUT2D eigenvalue weighted by Crippen LogP contribution is -2.46. The molecule has 2 rings (SSSR count). The fourth-order valence-corrected chi connectivity index (χ4v) is 2.53. The normalized spacial score (nSPS) is 28.2. The molecule has 1 aromatic rings. The van der Waals surface area contributed by atoms with Crippen LogP contribution in [0.1, 0.15) is 31.5 Å². The fraction of sp³-hybridized carbons (Fsp3) is 0.727. The Balaban J connectivity index is 2.27. The molecule has 0 saturated carbocycles. The van der Waals surface area contributed by atoms with Crippen LogP contribution in [0, 0.1) is 0 Å². The SMILES string of the molecule is CCN1CCCC(N)C1c1ccnn1C. The molecule has 2 atom stereocenters. The van der Waals surface area contributed by atoms with Crippen molar-refractivity contribution in [1.82, 2.24) is 14.7 Å². The monoisotopic (exact) mass is 208 g/mol. The molecular formula is C11H20N4. The summed E-state index contributed by atoms with van der Waals surface area (Å²) < 4.78 is 1.94. The number of aromatic nitrogens is 2. The first-order valence-corrected chi connectivity index (χ1v) is 5.71. The zero-order valence-corrected chi connectivity index (χ0v) is 9.56. The Kier molecular flexibility index (Phi) is 3.07. The van der Waals surface area contributed by atoms with E-state index in [0.29, 0.717) is 6.04 Å². The summed E-state index contributed by atoms with van der Waals surface area (Å²) in [6, 6.07) is 2.67. The van der Waals surface area contributed by atoms with Crippen molar-refractivity contribution in [2.75, 3.05) is 13.1 Å². The number of aryl methyl sites for hydroxylation is 1. The second kappa shape index (κ2) is 4.33. The van der Waals surface area contributed by atoms with E-state index in [1.807, 2.05) is 17.9 Å². The van der Waals surface area contributed by atoms with Crippen LogP contribution in [0.3, 0.4) is 0 Å². The molecule has 1 aliphatic rings. The minimum atomic E-state index is 0.245. The minimum absolute atomic E-state index is 0.245. The van der Waals surface area contributed by atoms with E-state index in [2.05, 4.69) is 23.0 Å². The average molecular weight is 208 g/mol. The number of hydrogen-bond donors (Lipinski definition) is 1. The van der Waals surface area contributed by atoms with Crippen LogP contribution in [0.25, 0.3) is 0 Å². The van der Waals surface area contributed by atoms with Crippen molar-refractivity contribution in [2.24, 2.45) is 12.8 Å². The Bertz CT molecular complexity index is 320. The fourth-order valence-electron chi connectivity index (χ4n) is 2.53. The molecule has 0 aromatic carbocycles. The number of hydrogen-bond acceptors (Lipinski definition) is 3. The third-order valence-electron chi connectivity index (χ3n) is 3.35. The summed E-state index contributed by atoms with van der Waals surface area (Å²) in [5.41, 5.74) is 7.46. The molecule has 1 saturated heterocycles. The molecule has 0 spiro atoms. The van der Waals surface area contributed by atoms with Gasteiger partial charge in [-0.3, -0.25) is 9.58 Å². The molecule has 84 valence electrons. The Morgan fingerprint density at radius 2 is 2.40 bits per heavy atom. The van der Waals surface area contributed by atoms with Gasteiger partial charge in [-0.1, -0.05) is 6.92 Å². The van der Waals surface area contributed by atoms with Crippen molar-refractivity contribution in [2.45, 2.75) is 31.8 Å². The lowest BCUT2D eigenvalue weighted by atomic mass is 9.94. The van der Waals surface area contributed by atoms with Gasteiger partial charge in [0.25, 0.3) is 0 Å². The summed E-state index contributed by atoms with van der Waals surface area (Å²) in [5.74, 6) is 0. The number of nitrogens with zero attached hydrogens (tertiary/aromatic N) is 3. The van der Waals surface area contributed by atoms with E-state index in [9.17, 15) is 0 Å². The van der Waals surface area contributed by atoms with Crippen molar-refractivity contribution in [3.63, 3.8) is 0 Å². The summed E-state index contributed by atoms with van der Waals surface area (Å²) >= 11 is 0. The Morgan fingerprint density at radius 3 is 3.00 bits per heavy atom. The highest BCUT2D eigenvalue weighted by Crippen LogP contribution is 2.29. The van der Waals surface area contributed by atoms with Crippen LogP contribution in [0.15, 0.2) is 12.3 Å². The maximum absolute atomic E-state index is 6.22. The first-order valence-electron chi connectivity index (χ1n) is 5.71. The smallest absolute Gasteiger partial charge is 0.0670 e. The van der Waals surface area contributed by atoms with Crippen LogP contribution in [0.4, 0.5) is 0 Å². The molecule has 1 aromatic heterocycles. The average Bonchev–Trinajstić information content (AvgIpc) is 2.64. The largest absolute Gasteiger partial charge is 0.326 e. The molecule has 0 bridgehead atoms. The lowest BCUT2D eigenvalue weighted by molar-refractivity contribution is 0.129. The van der Waals surface area contributed by atoms with Gasteiger partial charge in [0.05, 0.1) is 11.7 Å². The van der Waals surface area contributed by atoms with Crippen LogP contribution >= 0.6 is 0 Å². The summed E-state index contributed by atoms with van der Waals surface area (Å²) in [7, 11) is 1.99. The highest BCUT2D eigenvalue weighted by atomic mass is 15.3. The van der Waals surface area contributed by atoms with E-state index in [1.165, 1.54) is 12.1 Å². The first-order chi connectivity index (χ1) is 7.24. The molecule has 0 amide bonds. The Hall–Kier alpha value is -0.870. The second-order valence-corrected chi connectivity index (χ2v) is 4.26. The van der Waals surface area contributed by atoms with Gasteiger partial charge in [-0.25, -0.2) is 0 Å². The zero-order valence-electron chi connectivity index (χ0n) is 9.56. The summed E-state index contributed by atoms with van der Waals surface area (Å²) in [4.78, 5) is 2.45.